The molecule has 2 nitrogen and oxygen atoms in total. The summed E-state index contributed by atoms with van der Waals surface area (Å²) in [4.78, 5) is 0.994. The Hall–Kier alpha value is -1.23. The highest BCUT2D eigenvalue weighted by Gasteiger charge is 2.15. The fourth-order valence-electron chi connectivity index (χ4n) is 1.98. The molecule has 0 saturated heterocycles. The van der Waals surface area contributed by atoms with Crippen molar-refractivity contribution in [2.75, 3.05) is 19.9 Å². The Morgan fingerprint density at radius 1 is 1.29 bits per heavy atom. The van der Waals surface area contributed by atoms with Crippen LogP contribution in [0.25, 0.3) is 0 Å². The third kappa shape index (κ3) is 4.13. The summed E-state index contributed by atoms with van der Waals surface area (Å²) in [5.41, 5.74) is 0.623. The van der Waals surface area contributed by atoms with Gasteiger partial charge in [-0.25, -0.2) is 4.39 Å². The van der Waals surface area contributed by atoms with Crippen molar-refractivity contribution in [3.63, 3.8) is 0 Å². The average molecular weight is 326 g/mol. The van der Waals surface area contributed by atoms with Crippen LogP contribution in [-0.4, -0.2) is 19.9 Å². The molecule has 2 aromatic rings. The summed E-state index contributed by atoms with van der Waals surface area (Å²) in [6, 6.07) is 12.5. The number of ether oxygens (including phenoxy) is 1. The van der Waals surface area contributed by atoms with E-state index in [2.05, 4.69) is 5.32 Å². The minimum absolute atomic E-state index is 0.0998. The second-order valence-corrected chi connectivity index (χ2v) is 5.94. The lowest BCUT2D eigenvalue weighted by atomic mass is 10.1. The first-order valence-electron chi connectivity index (χ1n) is 6.53. The molecule has 0 aliphatic rings. The molecular weight excluding hydrogens is 309 g/mol. The molecule has 0 fully saturated rings. The van der Waals surface area contributed by atoms with Crippen LogP contribution in [0.15, 0.2) is 47.4 Å². The minimum Gasteiger partial charge on any atom is -0.497 e. The zero-order valence-electron chi connectivity index (χ0n) is 11.9. The van der Waals surface area contributed by atoms with E-state index in [9.17, 15) is 4.39 Å². The fraction of sp³-hybridized carbons (Fsp3) is 0.250. The lowest BCUT2D eigenvalue weighted by Gasteiger charge is -2.18. The Balaban J connectivity index is 2.11. The standard InChI is InChI=1S/C16H17ClFNOS/c1-19-15(10-21-16-6-4-3-5-13(16)17)12-8-7-11(20-2)9-14(12)18/h3-9,15,19H,10H2,1-2H3. The summed E-state index contributed by atoms with van der Waals surface area (Å²) in [6.07, 6.45) is 0. The molecule has 112 valence electrons. The molecule has 2 rings (SSSR count). The first-order chi connectivity index (χ1) is 10.2. The molecule has 0 aliphatic carbocycles. The SMILES string of the molecule is CNC(CSc1ccccc1Cl)c1ccc(OC)cc1F. The Morgan fingerprint density at radius 2 is 2.05 bits per heavy atom. The number of hydrogen-bond acceptors (Lipinski definition) is 3. The van der Waals surface area contributed by atoms with Gasteiger partial charge < -0.3 is 10.1 Å². The van der Waals surface area contributed by atoms with Crippen LogP contribution in [0, 0.1) is 5.82 Å². The minimum atomic E-state index is -0.270. The number of hydrogen-bond donors (Lipinski definition) is 1. The van der Waals surface area contributed by atoms with Crippen LogP contribution < -0.4 is 10.1 Å². The lowest BCUT2D eigenvalue weighted by Crippen LogP contribution is -2.20. The largest absolute Gasteiger partial charge is 0.497 e. The van der Waals surface area contributed by atoms with Gasteiger partial charge in [0.1, 0.15) is 11.6 Å². The van der Waals surface area contributed by atoms with Gasteiger partial charge in [-0.1, -0.05) is 29.8 Å². The van der Waals surface area contributed by atoms with E-state index in [-0.39, 0.29) is 11.9 Å². The Bertz CT molecular complexity index is 609. The monoisotopic (exact) mass is 325 g/mol. The molecule has 1 atom stereocenters. The van der Waals surface area contributed by atoms with E-state index in [1.54, 1.807) is 23.9 Å². The summed E-state index contributed by atoms with van der Waals surface area (Å²) in [7, 11) is 3.35. The van der Waals surface area contributed by atoms with Crippen LogP contribution in [0.1, 0.15) is 11.6 Å². The average Bonchev–Trinajstić information content (AvgIpc) is 2.50. The first-order valence-corrected chi connectivity index (χ1v) is 7.90. The molecule has 0 amide bonds. The van der Waals surface area contributed by atoms with Crippen LogP contribution in [0.3, 0.4) is 0 Å². The summed E-state index contributed by atoms with van der Waals surface area (Å²) in [5, 5.41) is 3.86. The van der Waals surface area contributed by atoms with Gasteiger partial charge >= 0.3 is 0 Å². The number of nitrogens with one attached hydrogen (secondary N) is 1. The summed E-state index contributed by atoms with van der Waals surface area (Å²) in [6.45, 7) is 0. The Labute approximate surface area is 133 Å². The van der Waals surface area contributed by atoms with E-state index in [0.29, 0.717) is 22.1 Å². The summed E-state index contributed by atoms with van der Waals surface area (Å²) >= 11 is 7.74. The highest BCUT2D eigenvalue weighted by molar-refractivity contribution is 7.99. The van der Waals surface area contributed by atoms with Crippen LogP contribution in [0.4, 0.5) is 4.39 Å². The lowest BCUT2D eigenvalue weighted by molar-refractivity contribution is 0.410. The molecule has 0 aromatic heterocycles. The molecule has 2 aromatic carbocycles. The van der Waals surface area contributed by atoms with Gasteiger partial charge in [0.25, 0.3) is 0 Å². The normalized spacial score (nSPS) is 12.2. The third-order valence-electron chi connectivity index (χ3n) is 3.17. The number of methoxy groups -OCH3 is 1. The Morgan fingerprint density at radius 3 is 2.67 bits per heavy atom. The molecule has 0 bridgehead atoms. The predicted octanol–water partition coefficient (Wildman–Crippen LogP) is 4.54. The number of halogens is 2. The van der Waals surface area contributed by atoms with Crippen LogP contribution in [-0.2, 0) is 0 Å². The van der Waals surface area contributed by atoms with Crippen molar-refractivity contribution in [1.29, 1.82) is 0 Å². The maximum Gasteiger partial charge on any atom is 0.131 e. The van der Waals surface area contributed by atoms with Gasteiger partial charge in [0.15, 0.2) is 0 Å². The number of thioether (sulfide) groups is 1. The zero-order valence-corrected chi connectivity index (χ0v) is 13.5. The molecule has 0 radical (unpaired) electrons. The van der Waals surface area contributed by atoms with Crippen LogP contribution in [0.2, 0.25) is 5.02 Å². The van der Waals surface area contributed by atoms with Gasteiger partial charge in [-0.2, -0.15) is 0 Å². The van der Waals surface area contributed by atoms with Gasteiger partial charge in [-0.15, -0.1) is 11.8 Å². The molecule has 1 unspecified atom stereocenters. The van der Waals surface area contributed by atoms with Crippen molar-refractivity contribution in [2.24, 2.45) is 0 Å². The maximum absolute atomic E-state index is 14.1. The van der Waals surface area contributed by atoms with E-state index < -0.39 is 0 Å². The van der Waals surface area contributed by atoms with Crippen molar-refractivity contribution in [2.45, 2.75) is 10.9 Å². The van der Waals surface area contributed by atoms with E-state index in [0.717, 1.165) is 4.90 Å². The second-order valence-electron chi connectivity index (χ2n) is 4.47. The van der Waals surface area contributed by atoms with Gasteiger partial charge in [0, 0.05) is 28.3 Å². The Kier molecular flexibility index (Phi) is 5.91. The van der Waals surface area contributed by atoms with E-state index in [1.807, 2.05) is 31.3 Å². The van der Waals surface area contributed by atoms with Crippen molar-refractivity contribution >= 4 is 23.4 Å². The summed E-state index contributed by atoms with van der Waals surface area (Å²) in [5.74, 6) is 0.932. The van der Waals surface area contributed by atoms with E-state index in [1.165, 1.54) is 13.2 Å². The molecule has 5 heteroatoms. The molecule has 21 heavy (non-hydrogen) atoms. The topological polar surface area (TPSA) is 21.3 Å². The van der Waals surface area contributed by atoms with Gasteiger partial charge in [-0.05, 0) is 25.2 Å². The molecule has 0 saturated carbocycles. The van der Waals surface area contributed by atoms with E-state index in [4.69, 9.17) is 16.3 Å². The maximum atomic E-state index is 14.1. The number of benzene rings is 2. The van der Waals surface area contributed by atoms with Gasteiger partial charge in [0.2, 0.25) is 0 Å². The highest BCUT2D eigenvalue weighted by atomic mass is 35.5. The number of rotatable bonds is 6. The van der Waals surface area contributed by atoms with E-state index >= 15 is 0 Å². The van der Waals surface area contributed by atoms with Gasteiger partial charge in [0.05, 0.1) is 12.1 Å². The second kappa shape index (κ2) is 7.69. The molecule has 1 N–H and O–H groups in total. The molecule has 0 aliphatic heterocycles. The zero-order chi connectivity index (χ0) is 15.2. The van der Waals surface area contributed by atoms with Crippen molar-refractivity contribution in [3.05, 3.63) is 58.9 Å². The van der Waals surface area contributed by atoms with Gasteiger partial charge in [-0.3, -0.25) is 0 Å². The first kappa shape index (κ1) is 16.1. The van der Waals surface area contributed by atoms with Crippen molar-refractivity contribution in [1.82, 2.24) is 5.32 Å². The molecule has 0 heterocycles. The smallest absolute Gasteiger partial charge is 0.131 e. The third-order valence-corrected chi connectivity index (χ3v) is 4.78. The molecule has 0 spiro atoms. The highest BCUT2D eigenvalue weighted by Crippen LogP contribution is 2.31. The van der Waals surface area contributed by atoms with Crippen molar-refractivity contribution < 1.29 is 9.13 Å². The quantitative estimate of drug-likeness (QED) is 0.788. The van der Waals surface area contributed by atoms with Crippen LogP contribution in [0.5, 0.6) is 5.75 Å². The fourth-order valence-corrected chi connectivity index (χ4v) is 3.35. The van der Waals surface area contributed by atoms with Crippen molar-refractivity contribution in [3.8, 4) is 5.75 Å². The predicted molar refractivity (Wildman–Crippen MR) is 86.9 cm³/mol. The molecular formula is C16H17ClFNOS. The summed E-state index contributed by atoms with van der Waals surface area (Å²) < 4.78 is 19.1. The van der Waals surface area contributed by atoms with Crippen LogP contribution >= 0.6 is 23.4 Å².